The topological polar surface area (TPSA) is 99.4 Å². The van der Waals surface area contributed by atoms with E-state index in [4.69, 9.17) is 18.5 Å². The fourth-order valence-electron chi connectivity index (χ4n) is 7.33. The molecule has 0 unspecified atom stereocenters. The molecule has 2 bridgehead atoms. The number of nitrogens with one attached hydrogen (secondary N) is 1. The lowest BCUT2D eigenvalue weighted by molar-refractivity contribution is -0.199. The van der Waals surface area contributed by atoms with Crippen LogP contribution in [0, 0.1) is 17.3 Å². The van der Waals surface area contributed by atoms with Crippen molar-refractivity contribution in [2.45, 2.75) is 64.1 Å². The Hall–Kier alpha value is -2.82. The summed E-state index contributed by atoms with van der Waals surface area (Å²) in [6.07, 6.45) is 7.67. The molecule has 1 aromatic heterocycles. The molecule has 4 aliphatic rings. The molecule has 3 saturated carbocycles. The minimum Gasteiger partial charge on any atom is -0.496 e. The Kier molecular flexibility index (Phi) is 7.02. The van der Waals surface area contributed by atoms with Crippen molar-refractivity contribution in [2.24, 2.45) is 21.6 Å². The van der Waals surface area contributed by atoms with Gasteiger partial charge in [-0.2, -0.15) is 4.36 Å². The molecule has 2 heterocycles. The van der Waals surface area contributed by atoms with Gasteiger partial charge >= 0.3 is 7.12 Å². The van der Waals surface area contributed by atoms with Gasteiger partial charge in [0.25, 0.3) is 0 Å². The second kappa shape index (κ2) is 10.2. The first-order valence-electron chi connectivity index (χ1n) is 14.3. The van der Waals surface area contributed by atoms with Crippen molar-refractivity contribution in [3.05, 3.63) is 59.9 Å². The van der Waals surface area contributed by atoms with Gasteiger partial charge in [-0.25, -0.2) is 4.21 Å². The maximum Gasteiger partial charge on any atom is 0.482 e. The van der Waals surface area contributed by atoms with Crippen molar-refractivity contribution < 1.29 is 27.5 Å². The number of fused-ring (bicyclic) bond motifs is 1. The summed E-state index contributed by atoms with van der Waals surface area (Å²) in [5, 5.41) is 4.25. The first-order valence-corrected chi connectivity index (χ1v) is 16.6. The van der Waals surface area contributed by atoms with Gasteiger partial charge in [0.1, 0.15) is 11.3 Å². The predicted molar refractivity (Wildman–Crippen MR) is 161 cm³/mol. The number of carbonyl (C=O) groups excluding carboxylic acids is 1. The smallest absolute Gasteiger partial charge is 0.482 e. The van der Waals surface area contributed by atoms with Gasteiger partial charge in [0, 0.05) is 39.3 Å². The van der Waals surface area contributed by atoms with Crippen LogP contribution in [0.5, 0.6) is 5.75 Å². The molecule has 41 heavy (non-hydrogen) atoms. The molecule has 4 fully saturated rings. The van der Waals surface area contributed by atoms with Crippen LogP contribution in [0.4, 0.5) is 5.69 Å². The third kappa shape index (κ3) is 5.19. The lowest BCUT2D eigenvalue weighted by atomic mass is 9.43. The molecule has 7 rings (SSSR count). The van der Waals surface area contributed by atoms with E-state index < -0.39 is 22.8 Å². The van der Waals surface area contributed by atoms with E-state index in [0.717, 1.165) is 29.4 Å². The van der Waals surface area contributed by atoms with Crippen molar-refractivity contribution in [1.29, 1.82) is 0 Å². The average Bonchev–Trinajstić information content (AvgIpc) is 3.48. The van der Waals surface area contributed by atoms with Gasteiger partial charge in [0.05, 0.1) is 43.1 Å². The Labute approximate surface area is 242 Å². The fourth-order valence-corrected chi connectivity index (χ4v) is 7.96. The quantitative estimate of drug-likeness (QED) is 0.363. The molecule has 1 aliphatic heterocycles. The summed E-state index contributed by atoms with van der Waals surface area (Å²) in [5.41, 5.74) is 2.91. The zero-order chi connectivity index (χ0) is 29.2. The number of benzene rings is 2. The molecular weight excluding hydrogens is 539 g/mol. The number of methoxy groups -OCH3 is 1. The maximum absolute atomic E-state index is 13.6. The van der Waals surface area contributed by atoms with E-state index in [9.17, 15) is 9.00 Å². The Balaban J connectivity index is 1.25. The highest BCUT2D eigenvalue weighted by Gasteiger charge is 2.68. The predicted octanol–water partition coefficient (Wildman–Crippen LogP) is 5.34. The van der Waals surface area contributed by atoms with Crippen LogP contribution in [-0.2, 0) is 36.7 Å². The van der Waals surface area contributed by atoms with E-state index in [1.807, 2.05) is 24.3 Å². The summed E-state index contributed by atoms with van der Waals surface area (Å²) in [5.74, 6) is 0.990. The molecule has 8 nitrogen and oxygen atoms in total. The van der Waals surface area contributed by atoms with Gasteiger partial charge in [-0.1, -0.05) is 38.1 Å². The van der Waals surface area contributed by atoms with Crippen molar-refractivity contribution in [2.75, 3.05) is 19.6 Å². The number of ether oxygens (including phenoxy) is 1. The largest absolute Gasteiger partial charge is 0.496 e. The van der Waals surface area contributed by atoms with Crippen molar-refractivity contribution in [3.63, 3.8) is 0 Å². The molecular formula is C31H39BN2O6S. The van der Waals surface area contributed by atoms with Gasteiger partial charge in [0.15, 0.2) is 0 Å². The van der Waals surface area contributed by atoms with E-state index in [0.29, 0.717) is 35.3 Å². The molecule has 1 amide bonds. The molecule has 3 aromatic rings. The highest BCUT2D eigenvalue weighted by molar-refractivity contribution is 7.92. The Morgan fingerprint density at radius 3 is 2.68 bits per heavy atom. The zero-order valence-electron chi connectivity index (χ0n) is 24.6. The van der Waals surface area contributed by atoms with Crippen LogP contribution in [0.2, 0.25) is 0 Å². The van der Waals surface area contributed by atoms with Crippen LogP contribution in [0.15, 0.2) is 57.5 Å². The van der Waals surface area contributed by atoms with Gasteiger partial charge in [0.2, 0.25) is 5.91 Å². The summed E-state index contributed by atoms with van der Waals surface area (Å²) in [7, 11) is -1.35. The van der Waals surface area contributed by atoms with E-state index in [1.165, 1.54) is 0 Å². The summed E-state index contributed by atoms with van der Waals surface area (Å²) < 4.78 is 41.2. The molecule has 218 valence electrons. The van der Waals surface area contributed by atoms with Crippen molar-refractivity contribution >= 4 is 39.4 Å². The molecule has 1 saturated heterocycles. The Morgan fingerprint density at radius 2 is 1.95 bits per heavy atom. The maximum atomic E-state index is 13.6. The van der Waals surface area contributed by atoms with Crippen LogP contribution in [-0.4, -0.2) is 54.5 Å². The van der Waals surface area contributed by atoms with E-state index in [-0.39, 0.29) is 29.4 Å². The monoisotopic (exact) mass is 578 g/mol. The number of nitrogens with zero attached hydrogens (tertiary/aromatic N) is 1. The summed E-state index contributed by atoms with van der Waals surface area (Å²) in [4.78, 5) is 13.6. The van der Waals surface area contributed by atoms with Crippen LogP contribution in [0.3, 0.4) is 0 Å². The highest BCUT2D eigenvalue weighted by Crippen LogP contribution is 2.65. The van der Waals surface area contributed by atoms with Crippen LogP contribution >= 0.6 is 0 Å². The third-order valence-electron chi connectivity index (χ3n) is 9.59. The van der Waals surface area contributed by atoms with Crippen LogP contribution < -0.4 is 10.1 Å². The standard InChI is InChI=1S/C31H39BN2O6S/c1-30(2)21-15-26(30)31(3)27(16-21)39-32(40-31)28(13-20-18-38-24-10-8-7-9-23(20)24)33-29(35)14-19-11-12-22(17-25(19)37-4)34-41(5,6)36/h7-12,17-18,21,26-28H,13-16H2,1-6H3,(H,33,35)/t21-,26-,27+,28-,31-/m0/s1. The number of hydrogen-bond acceptors (Lipinski definition) is 7. The lowest BCUT2D eigenvalue weighted by Crippen LogP contribution is -2.65. The molecule has 5 atom stereocenters. The van der Waals surface area contributed by atoms with E-state index in [1.54, 1.807) is 44.1 Å². The lowest BCUT2D eigenvalue weighted by Gasteiger charge is -2.64. The van der Waals surface area contributed by atoms with Crippen molar-refractivity contribution in [3.8, 4) is 5.75 Å². The average molecular weight is 579 g/mol. The number of hydrogen-bond donors (Lipinski definition) is 1. The van der Waals surface area contributed by atoms with E-state index in [2.05, 4.69) is 30.5 Å². The summed E-state index contributed by atoms with van der Waals surface area (Å²) in [6, 6.07) is 13.2. The minimum atomic E-state index is -2.32. The fraction of sp³-hybridized carbons (Fsp3) is 0.516. The number of furan rings is 1. The van der Waals surface area contributed by atoms with Gasteiger partial charge in [-0.3, -0.25) is 4.79 Å². The third-order valence-corrected chi connectivity index (χ3v) is 10.2. The summed E-state index contributed by atoms with van der Waals surface area (Å²) in [6.45, 7) is 6.87. The highest BCUT2D eigenvalue weighted by atomic mass is 32.2. The SMILES string of the molecule is COc1cc(N=S(C)(C)=O)ccc1CC(=O)N[C@@H](Cc1coc2ccccc12)B1O[C@@H]2C[C@@H]3C[C@@H](C3(C)C)[C@]2(C)O1. The molecule has 3 aliphatic carbocycles. The minimum absolute atomic E-state index is 0.00792. The molecule has 1 N–H and O–H groups in total. The summed E-state index contributed by atoms with van der Waals surface area (Å²) >= 11 is 0. The van der Waals surface area contributed by atoms with Crippen LogP contribution in [0.25, 0.3) is 11.0 Å². The van der Waals surface area contributed by atoms with Gasteiger partial charge < -0.3 is 23.8 Å². The van der Waals surface area contributed by atoms with E-state index >= 15 is 0 Å². The first kappa shape index (κ1) is 28.3. The zero-order valence-corrected chi connectivity index (χ0v) is 25.5. The van der Waals surface area contributed by atoms with Crippen LogP contribution in [0.1, 0.15) is 44.7 Å². The number of amides is 1. The molecule has 10 heteroatoms. The Bertz CT molecular complexity index is 1600. The number of carbonyl (C=O) groups is 1. The molecule has 0 spiro atoms. The second-order valence-corrected chi connectivity index (χ2v) is 15.5. The Morgan fingerprint density at radius 1 is 1.17 bits per heavy atom. The normalized spacial score (nSPS) is 27.2. The second-order valence-electron chi connectivity index (χ2n) is 12.9. The number of rotatable bonds is 8. The molecule has 2 aromatic carbocycles. The van der Waals surface area contributed by atoms with Gasteiger partial charge in [-0.05, 0) is 61.1 Å². The van der Waals surface area contributed by atoms with Crippen molar-refractivity contribution in [1.82, 2.24) is 5.32 Å². The first-order chi connectivity index (χ1) is 19.4. The molecule has 0 radical (unpaired) electrons. The number of para-hydroxylation sites is 1. The van der Waals surface area contributed by atoms with Gasteiger partial charge in [-0.15, -0.1) is 0 Å².